The lowest BCUT2D eigenvalue weighted by Gasteiger charge is -2.18. The molecular formula is C10H15N3O7. The summed E-state index contributed by atoms with van der Waals surface area (Å²) in [6.45, 7) is -1.05. The molecule has 1 saturated heterocycles. The Kier molecular flexibility index (Phi) is 4.32. The largest absolute Gasteiger partial charge is 0.394 e. The fourth-order valence-electron chi connectivity index (χ4n) is 2.01. The Bertz CT molecular complexity index is 534. The van der Waals surface area contributed by atoms with Crippen LogP contribution in [0.5, 0.6) is 0 Å². The van der Waals surface area contributed by atoms with Gasteiger partial charge in [-0.15, -0.1) is 0 Å². The van der Waals surface area contributed by atoms with E-state index < -0.39 is 43.4 Å². The Hall–Kier alpha value is -1.56. The fourth-order valence-corrected chi connectivity index (χ4v) is 2.01. The summed E-state index contributed by atoms with van der Waals surface area (Å²) in [5, 5.41) is 46.4. The Morgan fingerprint density at radius 1 is 1.35 bits per heavy atom. The molecule has 0 aromatic carbocycles. The summed E-state index contributed by atoms with van der Waals surface area (Å²) in [6.07, 6.45) is -3.94. The van der Waals surface area contributed by atoms with E-state index in [9.17, 15) is 15.0 Å². The molecule has 1 aliphatic heterocycles. The molecule has 0 amide bonds. The minimum atomic E-state index is -1.44. The molecule has 0 radical (unpaired) electrons. The van der Waals surface area contributed by atoms with Gasteiger partial charge in [-0.3, -0.25) is 15.3 Å². The van der Waals surface area contributed by atoms with Crippen molar-refractivity contribution in [2.24, 2.45) is 0 Å². The standard InChI is InChI=1S/C10H15N3O7/c14-2-4-1-13(10(18)11-8(4)12-19)9-7(17)6(16)5(3-15)20-9/h1,5-7,9,14-17,19H,2-3H2,(H,11,12,18)/t5-,6-,7-,9-/m1/s1. The number of aliphatic hydroxyl groups is 4. The van der Waals surface area contributed by atoms with Crippen LogP contribution >= 0.6 is 0 Å². The molecule has 1 aromatic heterocycles. The van der Waals surface area contributed by atoms with Gasteiger partial charge in [-0.05, 0) is 0 Å². The molecule has 112 valence electrons. The van der Waals surface area contributed by atoms with E-state index in [0.717, 1.165) is 10.8 Å². The zero-order valence-electron chi connectivity index (χ0n) is 10.2. The SMILES string of the molecule is O=c1nc(NO)c(CO)cn1[C@@H]1O[C@H](CO)[C@@H](O)[C@H]1O. The quantitative estimate of drug-likeness (QED) is 0.321. The van der Waals surface area contributed by atoms with Crippen LogP contribution in [0.3, 0.4) is 0 Å². The predicted molar refractivity (Wildman–Crippen MR) is 62.8 cm³/mol. The molecule has 0 aliphatic carbocycles. The van der Waals surface area contributed by atoms with Gasteiger partial charge >= 0.3 is 5.69 Å². The van der Waals surface area contributed by atoms with Gasteiger partial charge in [0.15, 0.2) is 12.0 Å². The van der Waals surface area contributed by atoms with E-state index in [0.29, 0.717) is 0 Å². The minimum Gasteiger partial charge on any atom is -0.394 e. The zero-order valence-corrected chi connectivity index (χ0v) is 10.2. The third-order valence-electron chi connectivity index (χ3n) is 3.09. The summed E-state index contributed by atoms with van der Waals surface area (Å²) in [6, 6.07) is 0. The Labute approximate surface area is 112 Å². The van der Waals surface area contributed by atoms with Crippen molar-refractivity contribution in [3.05, 3.63) is 22.2 Å². The second-order valence-corrected chi connectivity index (χ2v) is 4.30. The van der Waals surface area contributed by atoms with Crippen molar-refractivity contribution >= 4 is 5.82 Å². The van der Waals surface area contributed by atoms with Crippen LogP contribution in [0.1, 0.15) is 11.8 Å². The van der Waals surface area contributed by atoms with E-state index in [1.807, 2.05) is 0 Å². The van der Waals surface area contributed by atoms with Gasteiger partial charge in [-0.25, -0.2) is 4.79 Å². The molecule has 2 heterocycles. The van der Waals surface area contributed by atoms with Gasteiger partial charge in [0.1, 0.15) is 18.3 Å². The maximum absolute atomic E-state index is 11.8. The van der Waals surface area contributed by atoms with Crippen LogP contribution in [-0.2, 0) is 11.3 Å². The van der Waals surface area contributed by atoms with Crippen molar-refractivity contribution in [3.63, 3.8) is 0 Å². The number of hydrogen-bond acceptors (Lipinski definition) is 9. The highest BCUT2D eigenvalue weighted by atomic mass is 16.6. The topological polar surface area (TPSA) is 157 Å². The van der Waals surface area contributed by atoms with Gasteiger partial charge in [-0.1, -0.05) is 0 Å². The number of anilines is 1. The molecule has 10 heteroatoms. The number of aromatic nitrogens is 2. The van der Waals surface area contributed by atoms with Crippen molar-refractivity contribution < 1.29 is 30.4 Å². The lowest BCUT2D eigenvalue weighted by Crippen LogP contribution is -2.36. The van der Waals surface area contributed by atoms with Gasteiger partial charge in [0, 0.05) is 11.8 Å². The van der Waals surface area contributed by atoms with Gasteiger partial charge in [0.05, 0.1) is 13.2 Å². The average molecular weight is 289 g/mol. The van der Waals surface area contributed by atoms with Crippen molar-refractivity contribution in [1.82, 2.24) is 9.55 Å². The van der Waals surface area contributed by atoms with Crippen LogP contribution in [0.25, 0.3) is 0 Å². The number of hydrogen-bond donors (Lipinski definition) is 6. The Morgan fingerprint density at radius 3 is 2.55 bits per heavy atom. The second kappa shape index (κ2) is 5.83. The first-order valence-electron chi connectivity index (χ1n) is 5.79. The van der Waals surface area contributed by atoms with Crippen molar-refractivity contribution in [2.45, 2.75) is 31.1 Å². The van der Waals surface area contributed by atoms with E-state index in [2.05, 4.69) is 4.98 Å². The maximum Gasteiger partial charge on any atom is 0.351 e. The second-order valence-electron chi connectivity index (χ2n) is 4.30. The fraction of sp³-hybridized carbons (Fsp3) is 0.600. The van der Waals surface area contributed by atoms with Crippen LogP contribution in [0.15, 0.2) is 11.0 Å². The third kappa shape index (κ3) is 2.40. The first kappa shape index (κ1) is 14.8. The van der Waals surface area contributed by atoms with E-state index in [-0.39, 0.29) is 11.4 Å². The molecule has 20 heavy (non-hydrogen) atoms. The molecule has 0 bridgehead atoms. The molecule has 6 N–H and O–H groups in total. The summed E-state index contributed by atoms with van der Waals surface area (Å²) in [5.74, 6) is -0.222. The molecule has 1 fully saturated rings. The summed E-state index contributed by atoms with van der Waals surface area (Å²) < 4.78 is 6.05. The van der Waals surface area contributed by atoms with Crippen molar-refractivity contribution in [2.75, 3.05) is 12.1 Å². The summed E-state index contributed by atoms with van der Waals surface area (Å²) in [5.41, 5.74) is 0.889. The average Bonchev–Trinajstić information content (AvgIpc) is 2.74. The maximum atomic E-state index is 11.8. The molecule has 0 unspecified atom stereocenters. The smallest absolute Gasteiger partial charge is 0.351 e. The Morgan fingerprint density at radius 2 is 2.05 bits per heavy atom. The number of aliphatic hydroxyl groups excluding tert-OH is 4. The van der Waals surface area contributed by atoms with Crippen LogP contribution < -0.4 is 11.2 Å². The summed E-state index contributed by atoms with van der Waals surface area (Å²) in [7, 11) is 0. The summed E-state index contributed by atoms with van der Waals surface area (Å²) >= 11 is 0. The molecule has 2 rings (SSSR count). The lowest BCUT2D eigenvalue weighted by molar-refractivity contribution is -0.0551. The van der Waals surface area contributed by atoms with Crippen molar-refractivity contribution in [1.29, 1.82) is 0 Å². The van der Waals surface area contributed by atoms with Crippen molar-refractivity contribution in [3.8, 4) is 0 Å². The summed E-state index contributed by atoms with van der Waals surface area (Å²) in [4.78, 5) is 15.3. The van der Waals surface area contributed by atoms with Gasteiger partial charge in [-0.2, -0.15) is 4.98 Å². The molecule has 0 saturated carbocycles. The number of rotatable bonds is 4. The molecule has 0 spiro atoms. The van der Waals surface area contributed by atoms with E-state index >= 15 is 0 Å². The Balaban J connectivity index is 2.41. The number of ether oxygens (including phenoxy) is 1. The molecule has 1 aliphatic rings. The highest BCUT2D eigenvalue weighted by Crippen LogP contribution is 2.28. The number of nitrogens with zero attached hydrogens (tertiary/aromatic N) is 2. The molecule has 1 aromatic rings. The number of nitrogens with one attached hydrogen (secondary N) is 1. The molecular weight excluding hydrogens is 274 g/mol. The normalized spacial score (nSPS) is 29.6. The van der Waals surface area contributed by atoms with Gasteiger partial charge in [0.2, 0.25) is 0 Å². The van der Waals surface area contributed by atoms with E-state index in [4.69, 9.17) is 20.2 Å². The minimum absolute atomic E-state index is 0.0878. The molecule has 10 nitrogen and oxygen atoms in total. The van der Waals surface area contributed by atoms with Gasteiger partial charge < -0.3 is 25.2 Å². The first-order valence-corrected chi connectivity index (χ1v) is 5.79. The first-order chi connectivity index (χ1) is 9.53. The van der Waals surface area contributed by atoms with Crippen LogP contribution in [-0.4, -0.2) is 60.1 Å². The van der Waals surface area contributed by atoms with E-state index in [1.165, 1.54) is 0 Å². The third-order valence-corrected chi connectivity index (χ3v) is 3.09. The van der Waals surface area contributed by atoms with Gasteiger partial charge in [0.25, 0.3) is 0 Å². The van der Waals surface area contributed by atoms with E-state index in [1.54, 1.807) is 5.48 Å². The molecule has 4 atom stereocenters. The van der Waals surface area contributed by atoms with Crippen LogP contribution in [0.2, 0.25) is 0 Å². The van der Waals surface area contributed by atoms with Crippen LogP contribution in [0, 0.1) is 0 Å². The predicted octanol–water partition coefficient (Wildman–Crippen LogP) is -2.85. The highest BCUT2D eigenvalue weighted by Gasteiger charge is 2.43. The van der Waals surface area contributed by atoms with Crippen LogP contribution in [0.4, 0.5) is 5.82 Å². The monoisotopic (exact) mass is 289 g/mol. The lowest BCUT2D eigenvalue weighted by atomic mass is 10.1. The zero-order chi connectivity index (χ0) is 14.9. The highest BCUT2D eigenvalue weighted by molar-refractivity contribution is 5.39.